The summed E-state index contributed by atoms with van der Waals surface area (Å²) < 4.78 is 10.8. The maximum atomic E-state index is 6.54. The number of hydrogen-bond donors (Lipinski definition) is 0. The number of imidazole rings is 2. The van der Waals surface area contributed by atoms with Gasteiger partial charge in [0.05, 0.1) is 17.2 Å². The van der Waals surface area contributed by atoms with Crippen molar-refractivity contribution >= 4 is 54.6 Å². The molecule has 0 aliphatic rings. The molecule has 6 heteroatoms. The quantitative estimate of drug-likeness (QED) is 0.204. The Morgan fingerprint density at radius 1 is 0.581 bits per heavy atom. The Balaban J connectivity index is 1.24. The zero-order valence-corrected chi connectivity index (χ0v) is 23.6. The Bertz CT molecular complexity index is 2560. The average Bonchev–Trinajstić information content (AvgIpc) is 3.73. The number of aryl methyl sites for hydroxylation is 2. The van der Waals surface area contributed by atoms with Crippen LogP contribution in [0.3, 0.4) is 0 Å². The second-order valence-corrected chi connectivity index (χ2v) is 11.1. The number of hydrogen-bond acceptors (Lipinski definition) is 4. The molecule has 0 aliphatic heterocycles. The monoisotopic (exact) mass is 555 g/mol. The van der Waals surface area contributed by atoms with Crippen LogP contribution in [0.2, 0.25) is 0 Å². The van der Waals surface area contributed by atoms with Gasteiger partial charge in [-0.25, -0.2) is 9.97 Å². The van der Waals surface area contributed by atoms with Crippen LogP contribution in [0, 0.1) is 13.8 Å². The van der Waals surface area contributed by atoms with Crippen molar-refractivity contribution in [3.8, 4) is 22.6 Å². The van der Waals surface area contributed by atoms with Gasteiger partial charge in [-0.05, 0) is 95.4 Å². The van der Waals surface area contributed by atoms with Gasteiger partial charge in [0.15, 0.2) is 0 Å². The van der Waals surface area contributed by atoms with Gasteiger partial charge in [-0.15, -0.1) is 0 Å². The van der Waals surface area contributed by atoms with Crippen molar-refractivity contribution in [2.45, 2.75) is 13.8 Å². The van der Waals surface area contributed by atoms with Crippen LogP contribution >= 0.6 is 0 Å². The molecule has 0 bridgehead atoms. The topological polar surface area (TPSA) is 56.7 Å². The van der Waals surface area contributed by atoms with E-state index in [0.717, 1.165) is 60.8 Å². The van der Waals surface area contributed by atoms with Gasteiger partial charge in [0.2, 0.25) is 0 Å². The van der Waals surface area contributed by atoms with Crippen molar-refractivity contribution in [2.75, 3.05) is 0 Å². The average molecular weight is 556 g/mol. The predicted octanol–water partition coefficient (Wildman–Crippen LogP) is 9.07. The van der Waals surface area contributed by atoms with Crippen LogP contribution < -0.4 is 4.74 Å². The summed E-state index contributed by atoms with van der Waals surface area (Å²) in [6.07, 6.45) is 11.4. The minimum Gasteiger partial charge on any atom is -0.457 e. The summed E-state index contributed by atoms with van der Waals surface area (Å²) in [4.78, 5) is 13.8. The Hall–Kier alpha value is -5.75. The molecule has 0 fully saturated rings. The van der Waals surface area contributed by atoms with E-state index >= 15 is 0 Å². The van der Waals surface area contributed by atoms with Crippen LogP contribution in [-0.4, -0.2) is 23.8 Å². The highest BCUT2D eigenvalue weighted by Gasteiger charge is 2.17. The molecule has 5 heterocycles. The molecule has 0 aliphatic carbocycles. The number of ether oxygens (including phenoxy) is 1. The molecule has 6 nitrogen and oxygen atoms in total. The first-order valence-electron chi connectivity index (χ1n) is 14.3. The maximum absolute atomic E-state index is 6.54. The summed E-state index contributed by atoms with van der Waals surface area (Å²) >= 11 is 0. The zero-order chi connectivity index (χ0) is 28.7. The normalized spacial score (nSPS) is 12.0. The van der Waals surface area contributed by atoms with E-state index in [1.54, 1.807) is 0 Å². The second kappa shape index (κ2) is 8.87. The van der Waals surface area contributed by atoms with Crippen LogP contribution in [0.5, 0.6) is 11.5 Å². The largest absolute Gasteiger partial charge is 0.457 e. The molecule has 0 amide bonds. The summed E-state index contributed by atoms with van der Waals surface area (Å²) in [7, 11) is 0. The first kappa shape index (κ1) is 23.9. The third-order valence-corrected chi connectivity index (χ3v) is 8.65. The third kappa shape index (κ3) is 3.44. The molecule has 9 aromatic rings. The van der Waals surface area contributed by atoms with Crippen molar-refractivity contribution in [3.05, 3.63) is 127 Å². The van der Waals surface area contributed by atoms with Gasteiger partial charge >= 0.3 is 0 Å². The van der Waals surface area contributed by atoms with E-state index in [1.807, 2.05) is 49.3 Å². The van der Waals surface area contributed by atoms with Gasteiger partial charge in [0.1, 0.15) is 22.8 Å². The van der Waals surface area contributed by atoms with Gasteiger partial charge in [0.25, 0.3) is 0 Å². The Morgan fingerprint density at radius 2 is 1.23 bits per heavy atom. The van der Waals surface area contributed by atoms with Gasteiger partial charge in [-0.3, -0.25) is 13.8 Å². The fourth-order valence-electron chi connectivity index (χ4n) is 6.80. The minimum atomic E-state index is 0.751. The van der Waals surface area contributed by atoms with Crippen molar-refractivity contribution in [3.63, 3.8) is 0 Å². The smallest absolute Gasteiger partial charge is 0.145 e. The van der Waals surface area contributed by atoms with Crippen molar-refractivity contribution in [1.29, 1.82) is 0 Å². The number of nitrogens with zero attached hydrogens (tertiary/aromatic N) is 5. The first-order chi connectivity index (χ1) is 21.2. The number of rotatable bonds is 3. The van der Waals surface area contributed by atoms with Crippen molar-refractivity contribution in [1.82, 2.24) is 23.8 Å². The molecular weight excluding hydrogens is 530 g/mol. The fraction of sp³-hybridized carbons (Fsp3) is 0.0541. The standard InChI is InChI=1S/C37H25N5O/c1-22-5-3-6-23(2)34(22)29-7-4-8-32-35(29)28-12-10-25(20-31(28)37-40-15-17-41(32)37)43-24-9-11-26-27-13-14-38-21-33(27)42-18-16-39-36(42)30(26)19-24/h3-21H,1-2H3. The molecule has 43 heavy (non-hydrogen) atoms. The molecule has 0 unspecified atom stereocenters. The lowest BCUT2D eigenvalue weighted by atomic mass is 9.91. The minimum absolute atomic E-state index is 0.751. The molecule has 4 aromatic carbocycles. The molecule has 0 saturated heterocycles. The summed E-state index contributed by atoms with van der Waals surface area (Å²) in [6.45, 7) is 4.37. The van der Waals surface area contributed by atoms with Crippen LogP contribution in [0.15, 0.2) is 116 Å². The Morgan fingerprint density at radius 3 is 1.98 bits per heavy atom. The van der Waals surface area contributed by atoms with E-state index in [-0.39, 0.29) is 0 Å². The lowest BCUT2D eigenvalue weighted by Crippen LogP contribution is -1.95. The molecule has 9 rings (SSSR count). The van der Waals surface area contributed by atoms with Gasteiger partial charge in [-0.2, -0.15) is 0 Å². The molecule has 0 saturated carbocycles. The number of fused-ring (bicyclic) bond motifs is 12. The highest BCUT2D eigenvalue weighted by Crippen LogP contribution is 2.40. The summed E-state index contributed by atoms with van der Waals surface area (Å²) in [5.74, 6) is 1.51. The van der Waals surface area contributed by atoms with Gasteiger partial charge < -0.3 is 4.74 Å². The Labute approximate surface area is 246 Å². The molecular formula is C37H25N5O. The lowest BCUT2D eigenvalue weighted by Gasteiger charge is -2.17. The fourth-order valence-corrected chi connectivity index (χ4v) is 6.80. The molecule has 0 atom stereocenters. The van der Waals surface area contributed by atoms with E-state index in [0.29, 0.717) is 0 Å². The predicted molar refractivity (Wildman–Crippen MR) is 173 cm³/mol. The third-order valence-electron chi connectivity index (χ3n) is 8.65. The van der Waals surface area contributed by atoms with E-state index in [4.69, 9.17) is 9.72 Å². The summed E-state index contributed by atoms with van der Waals surface area (Å²) in [5, 5.41) is 6.68. The SMILES string of the molecule is Cc1cccc(C)c1-c1cccc2c1c1ccc(Oc3ccc4c5ccncc5n5ccnc5c4c3)cc1c1nccn21. The number of pyridine rings is 3. The van der Waals surface area contributed by atoms with Crippen LogP contribution in [0.1, 0.15) is 11.1 Å². The molecule has 0 spiro atoms. The Kier molecular flexibility index (Phi) is 4.93. The van der Waals surface area contributed by atoms with E-state index in [2.05, 4.69) is 99.3 Å². The van der Waals surface area contributed by atoms with Crippen molar-refractivity contribution < 1.29 is 4.74 Å². The number of benzene rings is 4. The molecule has 0 N–H and O–H groups in total. The molecule has 0 radical (unpaired) electrons. The number of aromatic nitrogens is 5. The summed E-state index contributed by atoms with van der Waals surface area (Å²) in [6, 6.07) is 27.7. The molecule has 5 aromatic heterocycles. The van der Waals surface area contributed by atoms with Crippen LogP contribution in [0.25, 0.3) is 65.8 Å². The highest BCUT2D eigenvalue weighted by atomic mass is 16.5. The van der Waals surface area contributed by atoms with Gasteiger partial charge in [0, 0.05) is 52.5 Å². The summed E-state index contributed by atoms with van der Waals surface area (Å²) in [5.41, 5.74) is 8.98. The van der Waals surface area contributed by atoms with E-state index in [9.17, 15) is 0 Å². The van der Waals surface area contributed by atoms with E-state index in [1.165, 1.54) is 27.6 Å². The molecule has 204 valence electrons. The van der Waals surface area contributed by atoms with Crippen LogP contribution in [-0.2, 0) is 0 Å². The lowest BCUT2D eigenvalue weighted by molar-refractivity contribution is 0.484. The van der Waals surface area contributed by atoms with Crippen LogP contribution in [0.4, 0.5) is 0 Å². The maximum Gasteiger partial charge on any atom is 0.145 e. The van der Waals surface area contributed by atoms with Crippen molar-refractivity contribution in [2.24, 2.45) is 0 Å². The second-order valence-electron chi connectivity index (χ2n) is 11.1. The highest BCUT2D eigenvalue weighted by molar-refractivity contribution is 6.17. The first-order valence-corrected chi connectivity index (χ1v) is 14.3. The van der Waals surface area contributed by atoms with Gasteiger partial charge in [-0.1, -0.05) is 30.3 Å². The zero-order valence-electron chi connectivity index (χ0n) is 23.6. The van der Waals surface area contributed by atoms with E-state index < -0.39 is 0 Å².